The molecule has 0 aromatic heterocycles. The maximum Gasteiger partial charge on any atom is 0.306 e. The second-order valence-corrected chi connectivity index (χ2v) is 30.3. The van der Waals surface area contributed by atoms with E-state index >= 15 is 0 Å². The average molecular weight is 1360 g/mol. The van der Waals surface area contributed by atoms with Crippen molar-refractivity contribution in [3.8, 4) is 22.3 Å². The Morgan fingerprint density at radius 3 is 1.04 bits per heavy atom. The van der Waals surface area contributed by atoms with E-state index in [1.54, 1.807) is 0 Å². The van der Waals surface area contributed by atoms with Crippen molar-refractivity contribution < 1.29 is 61.8 Å². The number of carboxylic acids is 1. The largest absolute Gasteiger partial charge is 1.00 e. The predicted molar refractivity (Wildman–Crippen MR) is 342 cm³/mol. The van der Waals surface area contributed by atoms with Gasteiger partial charge in [-0.1, -0.05) is 174 Å². The number of fused-ring (bicyclic) bond motifs is 6. The molecule has 0 aliphatic carbocycles. The Morgan fingerprint density at radius 1 is 0.386 bits per heavy atom. The summed E-state index contributed by atoms with van der Waals surface area (Å²) >= 11 is 3.45. The van der Waals surface area contributed by atoms with Crippen LogP contribution in [0.1, 0.15) is 36.8 Å². The van der Waals surface area contributed by atoms with Crippen molar-refractivity contribution in [2.75, 3.05) is 12.3 Å². The molecule has 12 rings (SSSR count). The molecule has 2 atom stereocenters. The highest BCUT2D eigenvalue weighted by molar-refractivity contribution is 9.08. The van der Waals surface area contributed by atoms with Crippen molar-refractivity contribution >= 4 is 95.8 Å². The lowest BCUT2D eigenvalue weighted by Crippen LogP contribution is -3.00. The number of ether oxygens (including phenoxy) is 1. The average Bonchev–Trinajstić information content (AvgIpc) is 3.72. The summed E-state index contributed by atoms with van der Waals surface area (Å²) in [6, 6.07) is 91.5. The van der Waals surface area contributed by atoms with Crippen molar-refractivity contribution in [3.63, 3.8) is 0 Å². The summed E-state index contributed by atoms with van der Waals surface area (Å²) in [6.07, 6.45) is 3.68. The molecule has 2 unspecified atom stereocenters. The molecule has 0 amide bonds. The van der Waals surface area contributed by atoms with Crippen molar-refractivity contribution in [1.82, 2.24) is 0 Å². The third-order valence-corrected chi connectivity index (χ3v) is 27.5. The first kappa shape index (κ1) is 62.8. The molecule has 13 heteroatoms. The quantitative estimate of drug-likeness (QED) is 0.0561. The van der Waals surface area contributed by atoms with Gasteiger partial charge in [0.05, 0.1) is 53.5 Å². The fraction of sp³-hybridized carbons (Fsp3) is 0.114. The highest BCUT2D eigenvalue weighted by Gasteiger charge is 2.46. The van der Waals surface area contributed by atoms with Crippen molar-refractivity contribution in [1.29, 1.82) is 0 Å². The lowest BCUT2D eigenvalue weighted by molar-refractivity contribution is -0.145. The van der Waals surface area contributed by atoms with Crippen LogP contribution >= 0.6 is 30.5 Å². The first-order chi connectivity index (χ1) is 39.7. The minimum Gasteiger partial charge on any atom is -1.00 e. The van der Waals surface area contributed by atoms with Gasteiger partial charge >= 0.3 is 11.9 Å². The first-order valence-corrected chi connectivity index (χ1v) is 34.4. The van der Waals surface area contributed by atoms with E-state index in [0.717, 1.165) is 71.5 Å². The van der Waals surface area contributed by atoms with Crippen molar-refractivity contribution in [2.24, 2.45) is 0 Å². The van der Waals surface area contributed by atoms with Crippen LogP contribution in [0.4, 0.5) is 0 Å². The third-order valence-electron chi connectivity index (χ3n) is 14.7. The van der Waals surface area contributed by atoms with Crippen LogP contribution < -0.4 is 65.8 Å². The van der Waals surface area contributed by atoms with Crippen LogP contribution in [0.25, 0.3) is 22.3 Å². The van der Waals surface area contributed by atoms with Crippen LogP contribution in [-0.2, 0) is 47.9 Å². The van der Waals surface area contributed by atoms with Crippen LogP contribution in [0, 0.1) is 0 Å². The normalized spacial score (nSPS) is 13.3. The number of benzene rings is 10. The standard InChI is InChI=1S/C35H30O3PS.C22H21O2P.C13H9BrOS.2BrH/c36-35(38-26-27-22-23-34-32(25-27)31-19-10-11-20-33(31)40(34)37)21-12-24-39(28-13-4-1-5-14-28,29-15-6-2-7-16-29)30-17-8-3-9-18-30;23-22(24)17-10-18-25(19-11-4-1-5-12-19,20-13-6-2-7-14-20)21-15-8-3-9-16-21;14-8-9-5-6-13-11(7-9)10-3-1-2-4-12(10)16(13)15;;/h1-11,13-20,22-23,25H,12,21,24,26H2;1-9,11-16H,10,17-18H2;1-7H,8H2;2*1H/q+1;;;;/p-1. The zero-order chi connectivity index (χ0) is 56.0. The summed E-state index contributed by atoms with van der Waals surface area (Å²) in [7, 11) is -6.00. The van der Waals surface area contributed by atoms with Gasteiger partial charge in [-0.25, -0.2) is 8.42 Å². The molecule has 6 nitrogen and oxygen atoms in total. The summed E-state index contributed by atoms with van der Waals surface area (Å²) in [6.45, 7) is 0.206. The number of halogens is 3. The van der Waals surface area contributed by atoms with Crippen LogP contribution in [0.5, 0.6) is 0 Å². The zero-order valence-corrected chi connectivity index (χ0v) is 53.6. The van der Waals surface area contributed by atoms with E-state index < -0.39 is 42.1 Å². The Labute approximate surface area is 523 Å². The Balaban J connectivity index is 0.000000178. The van der Waals surface area contributed by atoms with E-state index in [1.807, 2.05) is 97.1 Å². The molecule has 2 heterocycles. The van der Waals surface area contributed by atoms with Gasteiger partial charge in [0.1, 0.15) is 53.0 Å². The Morgan fingerprint density at radius 2 is 0.687 bits per heavy atom. The fourth-order valence-electron chi connectivity index (χ4n) is 10.9. The lowest BCUT2D eigenvalue weighted by atomic mass is 10.0. The number of carbonyl (C=O) groups excluding carboxylic acids is 1. The van der Waals surface area contributed by atoms with E-state index in [1.165, 1.54) is 37.4 Å². The van der Waals surface area contributed by atoms with Gasteiger partial charge in [-0.15, -0.1) is 0 Å². The highest BCUT2D eigenvalue weighted by atomic mass is 79.9. The Hall–Kier alpha value is -6.26. The first-order valence-electron chi connectivity index (χ1n) is 27.0. The Kier molecular flexibility index (Phi) is 22.7. The number of rotatable bonds is 17. The summed E-state index contributed by atoms with van der Waals surface area (Å²) in [5.41, 5.74) is 6.30. The van der Waals surface area contributed by atoms with Crippen molar-refractivity contribution in [2.45, 2.75) is 57.2 Å². The smallest absolute Gasteiger partial charge is 0.306 e. The summed E-state index contributed by atoms with van der Waals surface area (Å²) in [4.78, 5) is 27.6. The minimum absolute atomic E-state index is 0. The van der Waals surface area contributed by atoms with E-state index in [0.29, 0.717) is 12.8 Å². The van der Waals surface area contributed by atoms with Crippen LogP contribution in [0.15, 0.2) is 287 Å². The molecule has 10 aromatic carbocycles. The van der Waals surface area contributed by atoms with Crippen molar-refractivity contribution in [3.05, 3.63) is 278 Å². The monoisotopic (exact) mass is 1360 g/mol. The number of esters is 1. The SMILES string of the molecule is O=C(CCC[P+](c1ccccc1)(c1ccccc1)c1ccccc1)OCc1ccc2c(c1)-c1ccccc1S2=O.O=C(O)CCC[P+](c1ccccc1)(c1ccccc1)c1ccccc1.O=S1c2ccccc2-c2cc(CBr)ccc21.[Br-].[Br-]. The van der Waals surface area contributed by atoms with E-state index in [-0.39, 0.29) is 53.0 Å². The van der Waals surface area contributed by atoms with E-state index in [9.17, 15) is 18.0 Å². The van der Waals surface area contributed by atoms with Crippen LogP contribution in [-0.4, -0.2) is 37.8 Å². The molecule has 0 bridgehead atoms. The maximum atomic E-state index is 12.9. The molecule has 1 N–H and O–H groups in total. The van der Waals surface area contributed by atoms with E-state index in [2.05, 4.69) is 186 Å². The zero-order valence-electron chi connectivity index (χ0n) is 45.4. The molecule has 0 spiro atoms. The Bertz CT molecular complexity index is 3620. The molecule has 2 aliphatic rings. The van der Waals surface area contributed by atoms with Gasteiger partial charge in [0.25, 0.3) is 0 Å². The number of aliphatic carboxylic acids is 1. The molecule has 0 saturated heterocycles. The van der Waals surface area contributed by atoms with Gasteiger partial charge in [-0.05, 0) is 155 Å². The second-order valence-electron chi connectivity index (χ2n) is 19.7. The van der Waals surface area contributed by atoms with Gasteiger partial charge in [-0.2, -0.15) is 0 Å². The molecular formula is C70H61Br3O6P2S2. The lowest BCUT2D eigenvalue weighted by Gasteiger charge is -2.27. The second kappa shape index (κ2) is 30.0. The molecule has 2 aliphatic heterocycles. The predicted octanol–water partition coefficient (Wildman–Crippen LogP) is 8.23. The number of hydrogen-bond acceptors (Lipinski definition) is 5. The van der Waals surface area contributed by atoms with Gasteiger partial charge in [-0.3, -0.25) is 9.59 Å². The third kappa shape index (κ3) is 14.1. The van der Waals surface area contributed by atoms with E-state index in [4.69, 9.17) is 9.84 Å². The van der Waals surface area contributed by atoms with Gasteiger partial charge in [0.15, 0.2) is 0 Å². The van der Waals surface area contributed by atoms with Gasteiger partial charge in [0.2, 0.25) is 0 Å². The minimum atomic E-state index is -1.97. The number of hydrogen-bond donors (Lipinski definition) is 1. The fourth-order valence-corrected chi connectivity index (χ4v) is 22.7. The van der Waals surface area contributed by atoms with Crippen LogP contribution in [0.3, 0.4) is 0 Å². The molecule has 10 aromatic rings. The van der Waals surface area contributed by atoms with Gasteiger partial charge < -0.3 is 43.8 Å². The molecule has 0 fully saturated rings. The molecule has 420 valence electrons. The number of carbonyl (C=O) groups is 2. The summed E-state index contributed by atoms with van der Waals surface area (Å²) < 4.78 is 30.7. The maximum absolute atomic E-state index is 12.9. The highest BCUT2D eigenvalue weighted by Crippen LogP contribution is 2.57. The molecular weight excluding hydrogens is 1300 g/mol. The topological polar surface area (TPSA) is 97.7 Å². The molecule has 0 radical (unpaired) electrons. The van der Waals surface area contributed by atoms with Crippen LogP contribution in [0.2, 0.25) is 0 Å². The molecule has 83 heavy (non-hydrogen) atoms. The van der Waals surface area contributed by atoms with Gasteiger partial charge in [0, 0.05) is 18.2 Å². The summed E-state index contributed by atoms with van der Waals surface area (Å²) in [5, 5.41) is 17.8. The molecule has 0 saturated carbocycles. The number of carboxylic acid groups (broad SMARTS) is 1. The number of alkyl halides is 1. The summed E-state index contributed by atoms with van der Waals surface area (Å²) in [5.74, 6) is -0.927.